The van der Waals surface area contributed by atoms with Crippen molar-refractivity contribution < 1.29 is 11.0 Å². The van der Waals surface area contributed by atoms with Gasteiger partial charge in [0, 0.05) is 20.2 Å². The SMILES string of the molecule is [2H]c1c([2H])c([2H])c2c(-c3cccc4cc5c(cc34)sc3ccccc35)c3c([2H])c([2H])c([2H])c([2H])c3c(-c3ccc4ccccc4c3)c2c1[2H]. The molecule has 0 radical (unpaired) electrons. The van der Waals surface area contributed by atoms with Gasteiger partial charge in [0.15, 0.2) is 0 Å². The predicted molar refractivity (Wildman–Crippen MR) is 180 cm³/mol. The van der Waals surface area contributed by atoms with Gasteiger partial charge < -0.3 is 0 Å². The molecule has 0 aliphatic heterocycles. The van der Waals surface area contributed by atoms with Crippen molar-refractivity contribution in [2.45, 2.75) is 0 Å². The molecule has 1 heterocycles. The standard InChI is InChI=1S/C40H24S/c1-2-11-26-22-28(21-20-25(26)10-1)39-30-14-3-5-16-32(30)40(33-17-6-4-15-31(33)39)34-18-9-12-27-23-36-29-13-7-8-19-37(29)41-38(36)24-35(27)34/h1-24H/i3D,4D,5D,6D,14D,15D,16D,17D. The van der Waals surface area contributed by atoms with E-state index in [0.29, 0.717) is 22.3 Å². The second-order valence-corrected chi connectivity index (χ2v) is 11.4. The summed E-state index contributed by atoms with van der Waals surface area (Å²) in [6.07, 6.45) is 0. The Labute approximate surface area is 253 Å². The lowest BCUT2D eigenvalue weighted by Gasteiger charge is -2.19. The van der Waals surface area contributed by atoms with Gasteiger partial charge in [0.1, 0.15) is 0 Å². The molecular weight excluding hydrogens is 513 g/mol. The Bertz CT molecular complexity index is 2850. The van der Waals surface area contributed by atoms with Crippen LogP contribution in [0.5, 0.6) is 0 Å². The van der Waals surface area contributed by atoms with Crippen LogP contribution in [0.15, 0.2) is 145 Å². The Hall–Kier alpha value is -4.98. The molecule has 0 unspecified atom stereocenters. The number of thiophene rings is 1. The van der Waals surface area contributed by atoms with Gasteiger partial charge in [-0.25, -0.2) is 0 Å². The molecule has 9 rings (SSSR count). The summed E-state index contributed by atoms with van der Waals surface area (Å²) in [4.78, 5) is 0. The Morgan fingerprint density at radius 3 is 1.85 bits per heavy atom. The minimum atomic E-state index is -0.407. The molecule has 0 bridgehead atoms. The maximum atomic E-state index is 9.33. The summed E-state index contributed by atoms with van der Waals surface area (Å²) in [5, 5.41) is 6.73. The lowest BCUT2D eigenvalue weighted by Crippen LogP contribution is -1.91. The minimum Gasteiger partial charge on any atom is -0.135 e. The van der Waals surface area contributed by atoms with Crippen molar-refractivity contribution in [3.8, 4) is 22.3 Å². The molecule has 0 nitrogen and oxygen atoms in total. The van der Waals surface area contributed by atoms with Crippen LogP contribution in [0.1, 0.15) is 11.0 Å². The fraction of sp³-hybridized carbons (Fsp3) is 0. The molecule has 8 aromatic carbocycles. The summed E-state index contributed by atoms with van der Waals surface area (Å²) >= 11 is 1.66. The maximum Gasteiger partial charge on any atom is 0.0629 e. The molecule has 1 heteroatoms. The van der Waals surface area contributed by atoms with E-state index >= 15 is 0 Å². The van der Waals surface area contributed by atoms with E-state index in [4.69, 9.17) is 5.48 Å². The average Bonchev–Trinajstić information content (AvgIpc) is 3.49. The first-order chi connectivity index (χ1) is 23.7. The van der Waals surface area contributed by atoms with E-state index in [9.17, 15) is 5.48 Å². The van der Waals surface area contributed by atoms with Crippen LogP contribution in [0.4, 0.5) is 0 Å². The highest BCUT2D eigenvalue weighted by atomic mass is 32.1. The monoisotopic (exact) mass is 544 g/mol. The van der Waals surface area contributed by atoms with E-state index in [1.807, 2.05) is 72.8 Å². The molecule has 0 amide bonds. The second-order valence-electron chi connectivity index (χ2n) is 10.3. The quantitative estimate of drug-likeness (QED) is 0.190. The second kappa shape index (κ2) is 8.76. The zero-order chi connectivity index (χ0) is 33.9. The summed E-state index contributed by atoms with van der Waals surface area (Å²) in [6, 6.07) is 29.0. The van der Waals surface area contributed by atoms with Crippen molar-refractivity contribution in [1.29, 1.82) is 0 Å². The molecule has 9 aromatic rings. The van der Waals surface area contributed by atoms with Gasteiger partial charge in [-0.1, -0.05) is 121 Å². The maximum absolute atomic E-state index is 9.33. The first-order valence-corrected chi connectivity index (χ1v) is 14.3. The molecule has 0 fully saturated rings. The highest BCUT2D eigenvalue weighted by Crippen LogP contribution is 2.46. The van der Waals surface area contributed by atoms with Crippen molar-refractivity contribution >= 4 is 74.6 Å². The number of hydrogen-bond donors (Lipinski definition) is 0. The Morgan fingerprint density at radius 2 is 1.07 bits per heavy atom. The van der Waals surface area contributed by atoms with Gasteiger partial charge in [-0.3, -0.25) is 0 Å². The predicted octanol–water partition coefficient (Wildman–Crippen LogP) is 12.0. The molecule has 0 aliphatic rings. The highest BCUT2D eigenvalue weighted by Gasteiger charge is 2.18. The van der Waals surface area contributed by atoms with E-state index in [1.165, 1.54) is 0 Å². The number of fused-ring (bicyclic) bond motifs is 7. The van der Waals surface area contributed by atoms with E-state index in [2.05, 4.69) is 24.3 Å². The fourth-order valence-corrected chi connectivity index (χ4v) is 7.37. The number of hydrogen-bond acceptors (Lipinski definition) is 1. The third-order valence-corrected chi connectivity index (χ3v) is 9.19. The summed E-state index contributed by atoms with van der Waals surface area (Å²) in [5.74, 6) is 0. The van der Waals surface area contributed by atoms with Crippen molar-refractivity contribution in [3.63, 3.8) is 0 Å². The zero-order valence-corrected chi connectivity index (χ0v) is 22.5. The van der Waals surface area contributed by atoms with E-state index in [1.54, 1.807) is 11.3 Å². The summed E-state index contributed by atoms with van der Waals surface area (Å²) in [6.45, 7) is 0. The van der Waals surface area contributed by atoms with Crippen LogP contribution in [-0.2, 0) is 0 Å². The molecule has 0 spiro atoms. The zero-order valence-electron chi connectivity index (χ0n) is 29.6. The van der Waals surface area contributed by atoms with Crippen molar-refractivity contribution in [1.82, 2.24) is 0 Å². The Balaban J connectivity index is 1.55. The van der Waals surface area contributed by atoms with E-state index in [-0.39, 0.29) is 45.7 Å². The van der Waals surface area contributed by atoms with Crippen LogP contribution in [0.25, 0.3) is 85.5 Å². The van der Waals surface area contributed by atoms with Gasteiger partial charge in [0.05, 0.1) is 11.0 Å². The molecule has 0 aliphatic carbocycles. The van der Waals surface area contributed by atoms with Gasteiger partial charge in [0.25, 0.3) is 0 Å². The Kier molecular flexibility index (Phi) is 3.49. The van der Waals surface area contributed by atoms with Gasteiger partial charge in [-0.15, -0.1) is 11.3 Å². The van der Waals surface area contributed by atoms with Crippen LogP contribution in [0, 0.1) is 0 Å². The number of benzene rings is 8. The van der Waals surface area contributed by atoms with Gasteiger partial charge in [0.2, 0.25) is 0 Å². The molecule has 41 heavy (non-hydrogen) atoms. The first kappa shape index (κ1) is 16.3. The van der Waals surface area contributed by atoms with Crippen LogP contribution in [-0.4, -0.2) is 0 Å². The van der Waals surface area contributed by atoms with E-state index < -0.39 is 24.2 Å². The minimum absolute atomic E-state index is 0.216. The van der Waals surface area contributed by atoms with Crippen molar-refractivity contribution in [2.75, 3.05) is 0 Å². The molecule has 0 saturated carbocycles. The molecule has 0 saturated heterocycles. The smallest absolute Gasteiger partial charge is 0.0629 e. The summed E-state index contributed by atoms with van der Waals surface area (Å²) in [7, 11) is 0. The fourth-order valence-electron chi connectivity index (χ4n) is 6.24. The van der Waals surface area contributed by atoms with Crippen LogP contribution in [0.3, 0.4) is 0 Å². The van der Waals surface area contributed by atoms with Gasteiger partial charge in [-0.2, -0.15) is 0 Å². The van der Waals surface area contributed by atoms with Crippen LogP contribution >= 0.6 is 11.3 Å². The lowest BCUT2D eigenvalue weighted by atomic mass is 9.84. The lowest BCUT2D eigenvalue weighted by molar-refractivity contribution is 1.69. The van der Waals surface area contributed by atoms with E-state index in [0.717, 1.165) is 41.7 Å². The third kappa shape index (κ3) is 3.40. The van der Waals surface area contributed by atoms with Crippen molar-refractivity contribution in [2.24, 2.45) is 0 Å². The topological polar surface area (TPSA) is 0 Å². The van der Waals surface area contributed by atoms with Crippen molar-refractivity contribution in [3.05, 3.63) is 145 Å². The molecular formula is C40H24S. The van der Waals surface area contributed by atoms with Crippen LogP contribution < -0.4 is 0 Å². The number of rotatable bonds is 2. The van der Waals surface area contributed by atoms with Gasteiger partial charge >= 0.3 is 0 Å². The third-order valence-electron chi connectivity index (χ3n) is 8.06. The summed E-state index contributed by atoms with van der Waals surface area (Å²) < 4.78 is 74.5. The molecule has 0 atom stereocenters. The summed E-state index contributed by atoms with van der Waals surface area (Å²) in [5.41, 5.74) is 1.94. The molecule has 0 N–H and O–H groups in total. The molecule has 190 valence electrons. The largest absolute Gasteiger partial charge is 0.135 e. The highest BCUT2D eigenvalue weighted by molar-refractivity contribution is 7.25. The average molecular weight is 545 g/mol. The first-order valence-electron chi connectivity index (χ1n) is 17.4. The molecule has 1 aromatic heterocycles. The van der Waals surface area contributed by atoms with Crippen LogP contribution in [0.2, 0.25) is 0 Å². The Morgan fingerprint density at radius 1 is 0.415 bits per heavy atom. The normalized spacial score (nSPS) is 14.6. The van der Waals surface area contributed by atoms with Gasteiger partial charge in [-0.05, 0) is 89.6 Å².